The van der Waals surface area contributed by atoms with Crippen molar-refractivity contribution >= 4 is 0 Å². The van der Waals surface area contributed by atoms with Crippen molar-refractivity contribution in [1.29, 1.82) is 5.26 Å². The molecule has 0 saturated heterocycles. The second kappa shape index (κ2) is 5.70. The number of aromatic hydroxyl groups is 1. The van der Waals surface area contributed by atoms with E-state index in [9.17, 15) is 10.4 Å². The van der Waals surface area contributed by atoms with Crippen LogP contribution in [0.5, 0.6) is 5.75 Å². The fourth-order valence-corrected chi connectivity index (χ4v) is 2.10. The van der Waals surface area contributed by atoms with Gasteiger partial charge in [0.25, 0.3) is 0 Å². The number of hydrogen-bond donors (Lipinski definition) is 1. The van der Waals surface area contributed by atoms with Crippen molar-refractivity contribution in [3.63, 3.8) is 0 Å². The monoisotopic (exact) mass is 232 g/mol. The molecule has 1 atom stereocenters. The Hall–Kier alpha value is -1.53. The van der Waals surface area contributed by atoms with Crippen LogP contribution in [-0.4, -0.2) is 23.1 Å². The summed E-state index contributed by atoms with van der Waals surface area (Å²) >= 11 is 0. The summed E-state index contributed by atoms with van der Waals surface area (Å²) in [6, 6.07) is 5.90. The number of aryl methyl sites for hydroxylation is 2. The van der Waals surface area contributed by atoms with Crippen molar-refractivity contribution < 1.29 is 5.11 Å². The van der Waals surface area contributed by atoms with E-state index in [1.807, 2.05) is 39.8 Å². The average molecular weight is 232 g/mol. The van der Waals surface area contributed by atoms with Gasteiger partial charge in [-0.25, -0.2) is 0 Å². The van der Waals surface area contributed by atoms with Crippen LogP contribution in [0.2, 0.25) is 0 Å². The fraction of sp³-hybridized carbons (Fsp3) is 0.500. The number of hydrogen-bond acceptors (Lipinski definition) is 3. The number of phenols is 1. The summed E-state index contributed by atoms with van der Waals surface area (Å²) in [4.78, 5) is 2.10. The number of nitriles is 1. The van der Waals surface area contributed by atoms with Crippen molar-refractivity contribution in [3.05, 3.63) is 28.8 Å². The van der Waals surface area contributed by atoms with E-state index in [0.717, 1.165) is 29.8 Å². The van der Waals surface area contributed by atoms with Crippen LogP contribution in [0.3, 0.4) is 0 Å². The first-order valence-corrected chi connectivity index (χ1v) is 5.98. The lowest BCUT2D eigenvalue weighted by molar-refractivity contribution is 0.262. The summed E-state index contributed by atoms with van der Waals surface area (Å²) in [5, 5.41) is 19.1. The largest absolute Gasteiger partial charge is 0.507 e. The van der Waals surface area contributed by atoms with E-state index in [-0.39, 0.29) is 6.04 Å². The van der Waals surface area contributed by atoms with E-state index in [1.165, 1.54) is 0 Å². The molecule has 0 amide bonds. The predicted molar refractivity (Wildman–Crippen MR) is 68.9 cm³/mol. The van der Waals surface area contributed by atoms with Crippen molar-refractivity contribution in [2.24, 2.45) is 0 Å². The van der Waals surface area contributed by atoms with Gasteiger partial charge in [-0.15, -0.1) is 0 Å². The molecule has 0 heterocycles. The van der Waals surface area contributed by atoms with Gasteiger partial charge in [0.15, 0.2) is 0 Å². The van der Waals surface area contributed by atoms with Crippen LogP contribution in [0.1, 0.15) is 36.6 Å². The SMILES string of the molecule is CCN(CC)C(C#N)c1cc(C)c(O)c(C)c1. The molecule has 17 heavy (non-hydrogen) atoms. The Kier molecular flexibility index (Phi) is 4.53. The molecule has 0 saturated carbocycles. The minimum Gasteiger partial charge on any atom is -0.507 e. The van der Waals surface area contributed by atoms with Gasteiger partial charge in [-0.1, -0.05) is 13.8 Å². The Bertz CT molecular complexity index is 407. The highest BCUT2D eigenvalue weighted by molar-refractivity contribution is 5.44. The van der Waals surface area contributed by atoms with Gasteiger partial charge in [-0.3, -0.25) is 4.90 Å². The zero-order valence-corrected chi connectivity index (χ0v) is 11.0. The van der Waals surface area contributed by atoms with E-state index in [4.69, 9.17) is 0 Å². The molecule has 92 valence electrons. The van der Waals surface area contributed by atoms with Crippen LogP contribution in [0.15, 0.2) is 12.1 Å². The molecule has 1 rings (SSSR count). The summed E-state index contributed by atoms with van der Waals surface area (Å²) < 4.78 is 0. The van der Waals surface area contributed by atoms with Crippen LogP contribution in [0.4, 0.5) is 0 Å². The lowest BCUT2D eigenvalue weighted by Crippen LogP contribution is -2.27. The maximum Gasteiger partial charge on any atom is 0.123 e. The molecule has 0 aliphatic heterocycles. The number of benzene rings is 1. The van der Waals surface area contributed by atoms with Crippen molar-refractivity contribution in [2.45, 2.75) is 33.7 Å². The molecule has 1 N–H and O–H groups in total. The summed E-state index contributed by atoms with van der Waals surface area (Å²) in [5.74, 6) is 0.324. The number of phenolic OH excluding ortho intramolecular Hbond substituents is 1. The topological polar surface area (TPSA) is 47.3 Å². The highest BCUT2D eigenvalue weighted by Crippen LogP contribution is 2.28. The fourth-order valence-electron chi connectivity index (χ4n) is 2.10. The normalized spacial score (nSPS) is 12.5. The van der Waals surface area contributed by atoms with E-state index in [1.54, 1.807) is 0 Å². The molecule has 1 unspecified atom stereocenters. The molecule has 0 spiro atoms. The smallest absolute Gasteiger partial charge is 0.123 e. The van der Waals surface area contributed by atoms with E-state index in [0.29, 0.717) is 5.75 Å². The van der Waals surface area contributed by atoms with E-state index < -0.39 is 0 Å². The Morgan fingerprint density at radius 1 is 1.24 bits per heavy atom. The second-order valence-electron chi connectivity index (χ2n) is 4.26. The molecule has 3 heteroatoms. The molecule has 0 aromatic heterocycles. The summed E-state index contributed by atoms with van der Waals surface area (Å²) in [5.41, 5.74) is 2.61. The van der Waals surface area contributed by atoms with Gasteiger partial charge in [0.05, 0.1) is 6.07 Å². The third kappa shape index (κ3) is 2.78. The number of rotatable bonds is 4. The quantitative estimate of drug-likeness (QED) is 0.868. The molecule has 0 bridgehead atoms. The maximum atomic E-state index is 9.74. The zero-order valence-electron chi connectivity index (χ0n) is 11.0. The molecule has 3 nitrogen and oxygen atoms in total. The minimum atomic E-state index is -0.233. The van der Waals surface area contributed by atoms with Crippen LogP contribution < -0.4 is 0 Å². The third-order valence-electron chi connectivity index (χ3n) is 3.13. The Labute approximate surface area is 103 Å². The first-order chi connectivity index (χ1) is 8.04. The first kappa shape index (κ1) is 13.5. The van der Waals surface area contributed by atoms with Gasteiger partial charge in [-0.2, -0.15) is 5.26 Å². The second-order valence-corrected chi connectivity index (χ2v) is 4.26. The van der Waals surface area contributed by atoms with Crippen molar-refractivity contribution in [1.82, 2.24) is 4.90 Å². The molecule has 0 radical (unpaired) electrons. The van der Waals surface area contributed by atoms with E-state index >= 15 is 0 Å². The summed E-state index contributed by atoms with van der Waals surface area (Å²) in [7, 11) is 0. The Balaban J connectivity index is 3.18. The highest BCUT2D eigenvalue weighted by atomic mass is 16.3. The molecule has 0 aliphatic carbocycles. The van der Waals surface area contributed by atoms with Crippen molar-refractivity contribution in [2.75, 3.05) is 13.1 Å². The van der Waals surface area contributed by atoms with Gasteiger partial charge in [0.2, 0.25) is 0 Å². The van der Waals surface area contributed by atoms with Crippen LogP contribution in [0.25, 0.3) is 0 Å². The van der Waals surface area contributed by atoms with Gasteiger partial charge in [0.1, 0.15) is 11.8 Å². The molecule has 0 fully saturated rings. The van der Waals surface area contributed by atoms with E-state index in [2.05, 4.69) is 11.0 Å². The molecular weight excluding hydrogens is 212 g/mol. The summed E-state index contributed by atoms with van der Waals surface area (Å²) in [6.45, 7) is 9.51. The molecule has 1 aromatic carbocycles. The van der Waals surface area contributed by atoms with Gasteiger partial charge in [-0.05, 0) is 55.8 Å². The van der Waals surface area contributed by atoms with Crippen LogP contribution in [0, 0.1) is 25.2 Å². The zero-order chi connectivity index (χ0) is 13.0. The third-order valence-corrected chi connectivity index (χ3v) is 3.13. The number of nitrogens with zero attached hydrogens (tertiary/aromatic N) is 2. The molecular formula is C14H20N2O. The highest BCUT2D eigenvalue weighted by Gasteiger charge is 2.18. The Morgan fingerprint density at radius 3 is 2.06 bits per heavy atom. The maximum absolute atomic E-state index is 9.74. The Morgan fingerprint density at radius 2 is 1.71 bits per heavy atom. The lowest BCUT2D eigenvalue weighted by atomic mass is 10.00. The minimum absolute atomic E-state index is 0.233. The first-order valence-electron chi connectivity index (χ1n) is 5.98. The van der Waals surface area contributed by atoms with Gasteiger partial charge < -0.3 is 5.11 Å². The van der Waals surface area contributed by atoms with Gasteiger partial charge in [0, 0.05) is 0 Å². The predicted octanol–water partition coefficient (Wildman–Crippen LogP) is 2.92. The van der Waals surface area contributed by atoms with Gasteiger partial charge >= 0.3 is 0 Å². The summed E-state index contributed by atoms with van der Waals surface area (Å²) in [6.07, 6.45) is 0. The van der Waals surface area contributed by atoms with Crippen LogP contribution in [-0.2, 0) is 0 Å². The van der Waals surface area contributed by atoms with Crippen LogP contribution >= 0.6 is 0 Å². The molecule has 1 aromatic rings. The standard InChI is InChI=1S/C14H20N2O/c1-5-16(6-2)13(9-15)12-7-10(3)14(17)11(4)8-12/h7-8,13,17H,5-6H2,1-4H3. The van der Waals surface area contributed by atoms with Crippen molar-refractivity contribution in [3.8, 4) is 11.8 Å². The average Bonchev–Trinajstić information content (AvgIpc) is 2.32. The molecule has 0 aliphatic rings. The lowest BCUT2D eigenvalue weighted by Gasteiger charge is -2.25.